The fraction of sp³-hybridized carbons (Fsp3) is 0.154. The van der Waals surface area contributed by atoms with Crippen LogP contribution in [0.15, 0.2) is 47.5 Å². The molecule has 2 rings (SSSR count). The molecule has 0 aliphatic carbocycles. The van der Waals surface area contributed by atoms with Gasteiger partial charge in [-0.2, -0.15) is 0 Å². The van der Waals surface area contributed by atoms with E-state index in [1.54, 1.807) is 30.7 Å². The first-order valence-corrected chi connectivity index (χ1v) is 6.28. The van der Waals surface area contributed by atoms with Crippen LogP contribution in [0.4, 0.5) is 0 Å². The molecule has 0 aliphatic heterocycles. The summed E-state index contributed by atoms with van der Waals surface area (Å²) in [4.78, 5) is 19.9. The molecule has 0 aliphatic rings. The van der Waals surface area contributed by atoms with Gasteiger partial charge in [-0.3, -0.25) is 9.78 Å². The summed E-state index contributed by atoms with van der Waals surface area (Å²) >= 11 is 3.23. The van der Waals surface area contributed by atoms with Gasteiger partial charge < -0.3 is 5.32 Å². The number of hydrogen-bond acceptors (Lipinski definition) is 3. The highest BCUT2D eigenvalue weighted by Gasteiger charge is 2.11. The van der Waals surface area contributed by atoms with Gasteiger partial charge in [0.15, 0.2) is 0 Å². The smallest absolute Gasteiger partial charge is 0.253 e. The first-order valence-electron chi connectivity index (χ1n) is 5.49. The van der Waals surface area contributed by atoms with Gasteiger partial charge in [-0.05, 0) is 52.7 Å². The number of carbonyl (C=O) groups excluding carboxylic acids is 1. The number of aromatic nitrogens is 2. The van der Waals surface area contributed by atoms with Crippen LogP contribution in [0.2, 0.25) is 0 Å². The Morgan fingerprint density at radius 2 is 2.00 bits per heavy atom. The van der Waals surface area contributed by atoms with Crippen molar-refractivity contribution in [3.8, 4) is 0 Å². The maximum atomic E-state index is 12.0. The Hall–Kier alpha value is -1.75. The molecule has 1 N–H and O–H groups in total. The summed E-state index contributed by atoms with van der Waals surface area (Å²) in [7, 11) is 0. The molecule has 1 unspecified atom stereocenters. The number of halogens is 1. The first kappa shape index (κ1) is 12.7. The van der Waals surface area contributed by atoms with E-state index in [4.69, 9.17) is 0 Å². The maximum absolute atomic E-state index is 12.0. The van der Waals surface area contributed by atoms with Gasteiger partial charge in [-0.15, -0.1) is 0 Å². The number of carbonyl (C=O) groups is 1. The van der Waals surface area contributed by atoms with E-state index in [2.05, 4.69) is 31.2 Å². The number of rotatable bonds is 3. The molecule has 0 aromatic carbocycles. The standard InChI is InChI=1S/C13H12BrN3O/c1-9(10-4-6-15-7-5-10)17-13(18)11-2-3-12(14)16-8-11/h2-9H,1H3,(H,17,18). The zero-order valence-electron chi connectivity index (χ0n) is 9.80. The van der Waals surface area contributed by atoms with Crippen LogP contribution < -0.4 is 5.32 Å². The van der Waals surface area contributed by atoms with Gasteiger partial charge in [0.25, 0.3) is 5.91 Å². The SMILES string of the molecule is CC(NC(=O)c1ccc(Br)nc1)c1ccncc1. The maximum Gasteiger partial charge on any atom is 0.253 e. The third kappa shape index (κ3) is 3.13. The summed E-state index contributed by atoms with van der Waals surface area (Å²) in [6, 6.07) is 7.16. The Morgan fingerprint density at radius 1 is 1.28 bits per heavy atom. The lowest BCUT2D eigenvalue weighted by atomic mass is 10.1. The van der Waals surface area contributed by atoms with Crippen molar-refractivity contribution in [2.45, 2.75) is 13.0 Å². The van der Waals surface area contributed by atoms with E-state index < -0.39 is 0 Å². The Kier molecular flexibility index (Phi) is 4.04. The number of nitrogens with zero attached hydrogens (tertiary/aromatic N) is 2. The van der Waals surface area contributed by atoms with Crippen molar-refractivity contribution in [1.29, 1.82) is 0 Å². The fourth-order valence-electron chi connectivity index (χ4n) is 1.53. The quantitative estimate of drug-likeness (QED) is 0.887. The molecule has 2 aromatic heterocycles. The number of pyridine rings is 2. The number of amides is 1. The predicted molar refractivity (Wildman–Crippen MR) is 72.1 cm³/mol. The summed E-state index contributed by atoms with van der Waals surface area (Å²) < 4.78 is 0.709. The van der Waals surface area contributed by atoms with E-state index in [1.807, 2.05) is 19.1 Å². The van der Waals surface area contributed by atoms with E-state index in [1.165, 1.54) is 0 Å². The van der Waals surface area contributed by atoms with Gasteiger partial charge in [0.05, 0.1) is 11.6 Å². The topological polar surface area (TPSA) is 54.9 Å². The zero-order chi connectivity index (χ0) is 13.0. The van der Waals surface area contributed by atoms with Crippen molar-refractivity contribution >= 4 is 21.8 Å². The highest BCUT2D eigenvalue weighted by atomic mass is 79.9. The monoisotopic (exact) mass is 305 g/mol. The third-order valence-corrected chi connectivity index (χ3v) is 3.01. The summed E-state index contributed by atoms with van der Waals surface area (Å²) in [6.07, 6.45) is 4.96. The lowest BCUT2D eigenvalue weighted by molar-refractivity contribution is 0.0939. The first-order chi connectivity index (χ1) is 8.66. The van der Waals surface area contributed by atoms with Gasteiger partial charge in [-0.25, -0.2) is 4.98 Å². The molecule has 18 heavy (non-hydrogen) atoms. The van der Waals surface area contributed by atoms with Crippen molar-refractivity contribution in [1.82, 2.24) is 15.3 Å². The molecule has 2 aromatic rings. The summed E-state index contributed by atoms with van der Waals surface area (Å²) in [5, 5.41) is 2.91. The molecule has 0 spiro atoms. The molecule has 0 fully saturated rings. The van der Waals surface area contributed by atoms with Crippen LogP contribution in [0.25, 0.3) is 0 Å². The molecular formula is C13H12BrN3O. The van der Waals surface area contributed by atoms with Crippen LogP contribution >= 0.6 is 15.9 Å². The third-order valence-electron chi connectivity index (χ3n) is 2.54. The molecule has 5 heteroatoms. The molecular weight excluding hydrogens is 294 g/mol. The van der Waals surface area contributed by atoms with Crippen molar-refractivity contribution in [2.75, 3.05) is 0 Å². The molecule has 0 radical (unpaired) electrons. The van der Waals surface area contributed by atoms with E-state index in [-0.39, 0.29) is 11.9 Å². The largest absolute Gasteiger partial charge is 0.345 e. The molecule has 0 bridgehead atoms. The van der Waals surface area contributed by atoms with Crippen LogP contribution in [0, 0.1) is 0 Å². The Bertz CT molecular complexity index is 528. The zero-order valence-corrected chi connectivity index (χ0v) is 11.4. The Morgan fingerprint density at radius 3 is 2.61 bits per heavy atom. The molecule has 4 nitrogen and oxygen atoms in total. The van der Waals surface area contributed by atoms with Gasteiger partial charge >= 0.3 is 0 Å². The predicted octanol–water partition coefficient (Wildman–Crippen LogP) is 2.73. The number of hydrogen-bond donors (Lipinski definition) is 1. The average Bonchev–Trinajstić information content (AvgIpc) is 2.40. The van der Waals surface area contributed by atoms with Crippen LogP contribution in [0.1, 0.15) is 28.9 Å². The summed E-state index contributed by atoms with van der Waals surface area (Å²) in [5.41, 5.74) is 1.56. The Labute approximate surface area is 114 Å². The van der Waals surface area contributed by atoms with Crippen molar-refractivity contribution in [3.05, 3.63) is 58.6 Å². The lowest BCUT2D eigenvalue weighted by Gasteiger charge is -2.13. The van der Waals surface area contributed by atoms with E-state index >= 15 is 0 Å². The molecule has 0 saturated carbocycles. The van der Waals surface area contributed by atoms with Gasteiger partial charge in [0.1, 0.15) is 4.60 Å². The summed E-state index contributed by atoms with van der Waals surface area (Å²) in [6.45, 7) is 1.93. The summed E-state index contributed by atoms with van der Waals surface area (Å²) in [5.74, 6) is -0.140. The van der Waals surface area contributed by atoms with Gasteiger partial charge in [0, 0.05) is 18.6 Å². The molecule has 1 atom stereocenters. The molecule has 92 valence electrons. The highest BCUT2D eigenvalue weighted by Crippen LogP contribution is 2.12. The molecule has 2 heterocycles. The van der Waals surface area contributed by atoms with E-state index in [9.17, 15) is 4.79 Å². The van der Waals surface area contributed by atoms with Crippen LogP contribution in [0.3, 0.4) is 0 Å². The van der Waals surface area contributed by atoms with Crippen molar-refractivity contribution in [3.63, 3.8) is 0 Å². The van der Waals surface area contributed by atoms with Crippen molar-refractivity contribution in [2.24, 2.45) is 0 Å². The van der Waals surface area contributed by atoms with Crippen LogP contribution in [-0.2, 0) is 0 Å². The average molecular weight is 306 g/mol. The number of nitrogens with one attached hydrogen (secondary N) is 1. The minimum atomic E-state index is -0.140. The van der Waals surface area contributed by atoms with E-state index in [0.717, 1.165) is 5.56 Å². The van der Waals surface area contributed by atoms with Crippen molar-refractivity contribution < 1.29 is 4.79 Å². The Balaban J connectivity index is 2.06. The van der Waals surface area contributed by atoms with E-state index in [0.29, 0.717) is 10.2 Å². The fourth-order valence-corrected chi connectivity index (χ4v) is 1.76. The second-order valence-electron chi connectivity index (χ2n) is 3.85. The normalized spacial score (nSPS) is 11.9. The van der Waals surface area contributed by atoms with Crippen LogP contribution in [0.5, 0.6) is 0 Å². The van der Waals surface area contributed by atoms with Gasteiger partial charge in [-0.1, -0.05) is 0 Å². The minimum Gasteiger partial charge on any atom is -0.345 e. The minimum absolute atomic E-state index is 0.0656. The highest BCUT2D eigenvalue weighted by molar-refractivity contribution is 9.10. The second kappa shape index (κ2) is 5.73. The second-order valence-corrected chi connectivity index (χ2v) is 4.66. The van der Waals surface area contributed by atoms with Crippen LogP contribution in [-0.4, -0.2) is 15.9 Å². The van der Waals surface area contributed by atoms with Gasteiger partial charge in [0.2, 0.25) is 0 Å². The lowest BCUT2D eigenvalue weighted by Crippen LogP contribution is -2.26. The molecule has 0 saturated heterocycles. The molecule has 1 amide bonds.